The number of amidine groups is 1. The molecule has 2 fully saturated rings. The van der Waals surface area contributed by atoms with Crippen molar-refractivity contribution in [1.29, 1.82) is 0 Å². The molecule has 2 aliphatic heterocycles. The Morgan fingerprint density at radius 2 is 1.92 bits per heavy atom. The molecule has 1 saturated heterocycles. The monoisotopic (exact) mass is 522 g/mol. The van der Waals surface area contributed by atoms with Gasteiger partial charge in [-0.25, -0.2) is 9.38 Å². The van der Waals surface area contributed by atoms with Gasteiger partial charge in [-0.15, -0.1) is 0 Å². The molecule has 1 spiro atoms. The summed E-state index contributed by atoms with van der Waals surface area (Å²) in [5.41, 5.74) is 1.65. The summed E-state index contributed by atoms with van der Waals surface area (Å²) in [5.74, 6) is 1.64. The first-order valence-corrected chi connectivity index (χ1v) is 14.2. The predicted molar refractivity (Wildman–Crippen MR) is 153 cm³/mol. The summed E-state index contributed by atoms with van der Waals surface area (Å²) in [6.07, 6.45) is 8.02. The van der Waals surface area contributed by atoms with Crippen LogP contribution in [0.25, 0.3) is 0 Å². The minimum Gasteiger partial charge on any atom is -0.491 e. The summed E-state index contributed by atoms with van der Waals surface area (Å²) in [7, 11) is 0. The first-order chi connectivity index (χ1) is 17.8. The molecule has 2 heterocycles. The second-order valence-electron chi connectivity index (χ2n) is 11.2. The summed E-state index contributed by atoms with van der Waals surface area (Å²) in [4.78, 5) is 9.59. The highest BCUT2D eigenvalue weighted by molar-refractivity contribution is 7.80. The molecule has 37 heavy (non-hydrogen) atoms. The Morgan fingerprint density at radius 1 is 1.14 bits per heavy atom. The fourth-order valence-electron chi connectivity index (χ4n) is 6.26. The fraction of sp³-hybridized carbons (Fsp3) is 0.533. The summed E-state index contributed by atoms with van der Waals surface area (Å²) in [6, 6.07) is 15.9. The molecule has 2 atom stereocenters. The Balaban J connectivity index is 1.39. The van der Waals surface area contributed by atoms with Crippen molar-refractivity contribution in [3.8, 4) is 5.75 Å². The van der Waals surface area contributed by atoms with Gasteiger partial charge in [-0.1, -0.05) is 37.5 Å². The molecule has 0 amide bonds. The number of likely N-dealkylation sites (tertiary alicyclic amines) is 1. The van der Waals surface area contributed by atoms with Crippen molar-refractivity contribution in [2.45, 2.75) is 96.0 Å². The lowest BCUT2D eigenvalue weighted by Crippen LogP contribution is -2.63. The van der Waals surface area contributed by atoms with Crippen LogP contribution in [0.1, 0.15) is 71.3 Å². The molecule has 2 aromatic carbocycles. The lowest BCUT2D eigenvalue weighted by molar-refractivity contribution is 0.123. The lowest BCUT2D eigenvalue weighted by Gasteiger charge is -2.49. The van der Waals surface area contributed by atoms with Crippen LogP contribution in [0.15, 0.2) is 53.5 Å². The smallest absolute Gasteiger partial charge is 0.202 e. The molecule has 1 N–H and O–H groups in total. The molecule has 0 radical (unpaired) electrons. The van der Waals surface area contributed by atoms with Gasteiger partial charge in [0.25, 0.3) is 0 Å². The molecule has 2 aromatic rings. The van der Waals surface area contributed by atoms with E-state index < -0.39 is 0 Å². The van der Waals surface area contributed by atoms with Gasteiger partial charge in [0.15, 0.2) is 0 Å². The summed E-state index contributed by atoms with van der Waals surface area (Å²) in [5, 5.41) is 4.36. The van der Waals surface area contributed by atoms with Gasteiger partial charge in [0.05, 0.1) is 6.10 Å². The van der Waals surface area contributed by atoms with Gasteiger partial charge >= 0.3 is 0 Å². The Kier molecular flexibility index (Phi) is 7.82. The third-order valence-corrected chi connectivity index (χ3v) is 8.28. The zero-order valence-corrected chi connectivity index (χ0v) is 23.1. The van der Waals surface area contributed by atoms with Crippen LogP contribution in [0.4, 0.5) is 10.1 Å². The van der Waals surface area contributed by atoms with Gasteiger partial charge in [0.2, 0.25) is 5.11 Å². The Morgan fingerprint density at radius 3 is 2.65 bits per heavy atom. The first kappa shape index (κ1) is 26.1. The third-order valence-electron chi connectivity index (χ3n) is 8.00. The molecule has 1 saturated carbocycles. The molecular weight excluding hydrogens is 483 g/mol. The summed E-state index contributed by atoms with van der Waals surface area (Å²) >= 11 is 5.83. The van der Waals surface area contributed by atoms with Gasteiger partial charge in [0, 0.05) is 30.9 Å². The number of hydrogen-bond donors (Lipinski definition) is 1. The molecule has 7 heteroatoms. The molecular formula is C30H39FN4OS. The maximum atomic E-state index is 14.3. The second kappa shape index (κ2) is 11.1. The molecule has 0 bridgehead atoms. The first-order valence-electron chi connectivity index (χ1n) is 13.8. The quantitative estimate of drug-likeness (QED) is 0.441. The number of halogens is 1. The van der Waals surface area contributed by atoms with E-state index in [4.69, 9.17) is 21.9 Å². The van der Waals surface area contributed by atoms with Crippen LogP contribution in [-0.4, -0.2) is 46.1 Å². The summed E-state index contributed by atoms with van der Waals surface area (Å²) in [6.45, 7) is 8.15. The second-order valence-corrected chi connectivity index (χ2v) is 11.5. The number of anilines is 1. The van der Waals surface area contributed by atoms with Crippen molar-refractivity contribution in [2.24, 2.45) is 4.99 Å². The maximum Gasteiger partial charge on any atom is 0.202 e. The zero-order chi connectivity index (χ0) is 26.0. The van der Waals surface area contributed by atoms with Crippen LogP contribution < -0.4 is 15.0 Å². The van der Waals surface area contributed by atoms with Crippen LogP contribution in [0.3, 0.4) is 0 Å². The van der Waals surface area contributed by atoms with E-state index >= 15 is 0 Å². The van der Waals surface area contributed by atoms with Gasteiger partial charge < -0.3 is 15.0 Å². The van der Waals surface area contributed by atoms with Crippen molar-refractivity contribution < 1.29 is 9.13 Å². The third kappa shape index (κ3) is 5.68. The van der Waals surface area contributed by atoms with Crippen molar-refractivity contribution in [2.75, 3.05) is 11.4 Å². The normalized spacial score (nSPS) is 25.1. The van der Waals surface area contributed by atoms with Crippen molar-refractivity contribution in [3.63, 3.8) is 0 Å². The fourth-order valence-corrected chi connectivity index (χ4v) is 6.64. The largest absolute Gasteiger partial charge is 0.491 e. The van der Waals surface area contributed by atoms with Gasteiger partial charge in [-0.3, -0.25) is 4.90 Å². The standard InChI is InChI=1S/C30H39FN4OS/c1-21(2)36-27-14-7-9-23(17-27)20-34-16-15-30(19-22(34)3)28(32-25-11-5-4-6-12-25)33-29(37)35(30)26-13-8-10-24(31)18-26/h7-10,13-14,17-18,21-22,25H,4-6,11-12,15-16,19-20H2,1-3H3,(H,32,33,37). The maximum absolute atomic E-state index is 14.3. The lowest BCUT2D eigenvalue weighted by atomic mass is 9.80. The number of aliphatic imine (C=N–C) groups is 1. The highest BCUT2D eigenvalue weighted by Gasteiger charge is 2.52. The predicted octanol–water partition coefficient (Wildman–Crippen LogP) is 6.46. The number of rotatable bonds is 6. The molecule has 198 valence electrons. The average molecular weight is 523 g/mol. The number of thiocarbonyl (C=S) groups is 1. The number of hydrogen-bond acceptors (Lipinski definition) is 4. The van der Waals surface area contributed by atoms with Crippen molar-refractivity contribution >= 4 is 28.9 Å². The molecule has 5 nitrogen and oxygen atoms in total. The summed E-state index contributed by atoms with van der Waals surface area (Å²) < 4.78 is 20.2. The van der Waals surface area contributed by atoms with Crippen LogP contribution in [0.5, 0.6) is 5.75 Å². The SMILES string of the molecule is CC(C)Oc1cccc(CN2CCC3(CC2C)C(NC2CCCCC2)=NC(=S)N3c2cccc(F)c2)c1. The van der Waals surface area contributed by atoms with E-state index in [9.17, 15) is 4.39 Å². The average Bonchev–Trinajstić information content (AvgIpc) is 3.11. The minimum atomic E-state index is -0.388. The molecule has 2 unspecified atom stereocenters. The highest BCUT2D eigenvalue weighted by Crippen LogP contribution is 2.41. The van der Waals surface area contributed by atoms with E-state index in [1.165, 1.54) is 30.9 Å². The van der Waals surface area contributed by atoms with Gasteiger partial charge in [-0.2, -0.15) is 0 Å². The Labute approximate surface area is 226 Å². The zero-order valence-electron chi connectivity index (χ0n) is 22.3. The van der Waals surface area contributed by atoms with E-state index in [2.05, 4.69) is 54.1 Å². The van der Waals surface area contributed by atoms with Crippen LogP contribution >= 0.6 is 12.2 Å². The highest BCUT2D eigenvalue weighted by atomic mass is 32.1. The minimum absolute atomic E-state index is 0.151. The van der Waals surface area contributed by atoms with E-state index in [0.29, 0.717) is 17.2 Å². The number of benzene rings is 2. The molecule has 1 aliphatic carbocycles. The van der Waals surface area contributed by atoms with Crippen LogP contribution in [-0.2, 0) is 6.54 Å². The van der Waals surface area contributed by atoms with Crippen molar-refractivity contribution in [1.82, 2.24) is 10.2 Å². The molecule has 5 rings (SSSR count). The van der Waals surface area contributed by atoms with Crippen LogP contribution in [0, 0.1) is 5.82 Å². The van der Waals surface area contributed by atoms with Gasteiger partial charge in [-0.05, 0) is 94.6 Å². The number of nitrogens with one attached hydrogen (secondary N) is 1. The van der Waals surface area contributed by atoms with Crippen molar-refractivity contribution in [3.05, 3.63) is 59.9 Å². The van der Waals surface area contributed by atoms with E-state index in [0.717, 1.165) is 56.0 Å². The molecule has 0 aromatic heterocycles. The van der Waals surface area contributed by atoms with Gasteiger partial charge in [0.1, 0.15) is 22.9 Å². The van der Waals surface area contributed by atoms with E-state index in [-0.39, 0.29) is 17.5 Å². The Bertz CT molecular complexity index is 1150. The molecule has 3 aliphatic rings. The number of piperidine rings is 1. The topological polar surface area (TPSA) is 40.1 Å². The van der Waals surface area contributed by atoms with E-state index in [1.807, 2.05) is 12.1 Å². The number of nitrogens with zero attached hydrogens (tertiary/aromatic N) is 3. The Hall–Kier alpha value is -2.51. The van der Waals surface area contributed by atoms with Crippen LogP contribution in [0.2, 0.25) is 0 Å². The van der Waals surface area contributed by atoms with E-state index in [1.54, 1.807) is 12.1 Å². The number of ether oxygens (including phenoxy) is 1.